The van der Waals surface area contributed by atoms with Gasteiger partial charge in [-0.2, -0.15) is 0 Å². The second-order valence-corrected chi connectivity index (χ2v) is 4.83. The Morgan fingerprint density at radius 3 is 2.59 bits per heavy atom. The fourth-order valence-corrected chi connectivity index (χ4v) is 1.93. The van der Waals surface area contributed by atoms with E-state index in [0.717, 1.165) is 35.9 Å². The molecule has 0 aliphatic carbocycles. The molecule has 0 saturated heterocycles. The molecule has 2 aromatic rings. The molecule has 4 heteroatoms. The lowest BCUT2D eigenvalue weighted by Gasteiger charge is -2.06. The molecule has 4 nitrogen and oxygen atoms in total. The number of benzene rings is 1. The Bertz CT molecular complexity index is 630. The maximum Gasteiger partial charge on any atom is 0.119 e. The Hall–Kier alpha value is -2.62. The molecule has 1 aromatic carbocycles. The molecule has 0 unspecified atom stereocenters. The summed E-state index contributed by atoms with van der Waals surface area (Å²) in [6.45, 7) is 2.65. The quantitative estimate of drug-likeness (QED) is 0.733. The van der Waals surface area contributed by atoms with E-state index in [4.69, 9.17) is 4.74 Å². The predicted molar refractivity (Wildman–Crippen MR) is 83.3 cm³/mol. The highest BCUT2D eigenvalue weighted by Gasteiger charge is 1.98. The first-order valence-corrected chi connectivity index (χ1v) is 7.23. The van der Waals surface area contributed by atoms with Crippen LogP contribution in [-0.4, -0.2) is 17.6 Å². The van der Waals surface area contributed by atoms with E-state index in [1.165, 1.54) is 11.6 Å². The van der Waals surface area contributed by atoms with Gasteiger partial charge >= 0.3 is 0 Å². The van der Waals surface area contributed by atoms with Crippen molar-refractivity contribution < 1.29 is 14.6 Å². The molecule has 0 spiro atoms. The number of rotatable bonds is 7. The normalized spacial score (nSPS) is 10.8. The lowest BCUT2D eigenvalue weighted by atomic mass is 10.2. The van der Waals surface area contributed by atoms with Gasteiger partial charge in [-0.1, -0.05) is 31.2 Å². The van der Waals surface area contributed by atoms with Crippen LogP contribution in [0.25, 0.3) is 6.08 Å². The highest BCUT2D eigenvalue weighted by atomic mass is 16.5. The third kappa shape index (κ3) is 5.05. The first kappa shape index (κ1) is 15.8. The van der Waals surface area contributed by atoms with Crippen LogP contribution in [-0.2, 0) is 17.6 Å². The topological polar surface area (TPSA) is 62.2 Å². The van der Waals surface area contributed by atoms with Crippen LogP contribution < -0.4 is 9.84 Å². The maximum absolute atomic E-state index is 10.3. The van der Waals surface area contributed by atoms with E-state index in [-0.39, 0.29) is 0 Å². The van der Waals surface area contributed by atoms with Crippen LogP contribution in [0.2, 0.25) is 0 Å². The Balaban J connectivity index is 1.82. The summed E-state index contributed by atoms with van der Waals surface area (Å²) in [5.74, 6) is -0.460. The molecular weight excluding hydrogens is 278 g/mol. The molecule has 114 valence electrons. The molecule has 0 saturated carbocycles. The minimum Gasteiger partial charge on any atom is -0.545 e. The summed E-state index contributed by atoms with van der Waals surface area (Å²) in [5, 5.41) is 10.3. The fraction of sp³-hybridized carbons (Fsp3) is 0.222. The van der Waals surface area contributed by atoms with Gasteiger partial charge in [0, 0.05) is 18.3 Å². The van der Waals surface area contributed by atoms with Gasteiger partial charge in [-0.05, 0) is 41.8 Å². The number of nitrogens with zero attached hydrogens (tertiary/aromatic N) is 1. The molecular formula is C18H18NO3-. The van der Waals surface area contributed by atoms with Crippen LogP contribution in [0.4, 0.5) is 0 Å². The molecule has 1 aromatic heterocycles. The Morgan fingerprint density at radius 2 is 2.00 bits per heavy atom. The number of hydrogen-bond acceptors (Lipinski definition) is 4. The second kappa shape index (κ2) is 7.98. The van der Waals surface area contributed by atoms with E-state index in [2.05, 4.69) is 18.0 Å². The van der Waals surface area contributed by atoms with Crippen molar-refractivity contribution in [3.63, 3.8) is 0 Å². The second-order valence-electron chi connectivity index (χ2n) is 4.83. The summed E-state index contributed by atoms with van der Waals surface area (Å²) >= 11 is 0. The number of hydrogen-bond donors (Lipinski definition) is 0. The molecule has 0 bridgehead atoms. The van der Waals surface area contributed by atoms with Gasteiger partial charge in [-0.15, -0.1) is 0 Å². The Labute approximate surface area is 130 Å². The van der Waals surface area contributed by atoms with E-state index in [1.807, 2.05) is 24.4 Å². The third-order valence-electron chi connectivity index (χ3n) is 3.21. The minimum absolute atomic E-state index is 0.548. The first-order chi connectivity index (χ1) is 10.7. The average Bonchev–Trinajstić information content (AvgIpc) is 2.55. The zero-order chi connectivity index (χ0) is 15.8. The monoisotopic (exact) mass is 296 g/mol. The van der Waals surface area contributed by atoms with Gasteiger partial charge in [0.25, 0.3) is 0 Å². The van der Waals surface area contributed by atoms with E-state index in [9.17, 15) is 9.90 Å². The molecule has 2 rings (SSSR count). The number of aryl methyl sites for hydroxylation is 1. The third-order valence-corrected chi connectivity index (χ3v) is 3.21. The number of carbonyl (C=O) groups is 1. The van der Waals surface area contributed by atoms with Gasteiger partial charge in [-0.25, -0.2) is 0 Å². The summed E-state index contributed by atoms with van der Waals surface area (Å²) in [6, 6.07) is 11.3. The summed E-state index contributed by atoms with van der Waals surface area (Å²) < 4.78 is 5.65. The lowest BCUT2D eigenvalue weighted by molar-refractivity contribution is -0.297. The van der Waals surface area contributed by atoms with Gasteiger partial charge in [0.05, 0.1) is 12.6 Å². The van der Waals surface area contributed by atoms with Crippen LogP contribution in [0.1, 0.15) is 23.7 Å². The molecule has 1 heterocycles. The molecule has 0 fully saturated rings. The number of carbonyl (C=O) groups excluding carboxylic acids is 1. The Kier molecular flexibility index (Phi) is 5.72. The molecule has 0 aliphatic rings. The van der Waals surface area contributed by atoms with Crippen molar-refractivity contribution in [1.29, 1.82) is 0 Å². The lowest BCUT2D eigenvalue weighted by Crippen LogP contribution is -2.18. The van der Waals surface area contributed by atoms with Crippen LogP contribution in [0.3, 0.4) is 0 Å². The fourth-order valence-electron chi connectivity index (χ4n) is 1.93. The van der Waals surface area contributed by atoms with E-state index >= 15 is 0 Å². The molecule has 22 heavy (non-hydrogen) atoms. The van der Waals surface area contributed by atoms with Gasteiger partial charge in [0.15, 0.2) is 0 Å². The van der Waals surface area contributed by atoms with Crippen molar-refractivity contribution in [2.45, 2.75) is 19.8 Å². The van der Waals surface area contributed by atoms with Crippen LogP contribution in [0.5, 0.6) is 5.75 Å². The first-order valence-electron chi connectivity index (χ1n) is 7.23. The number of aromatic nitrogens is 1. The number of carboxylic acids is 1. The summed E-state index contributed by atoms with van der Waals surface area (Å²) in [5.41, 5.74) is 3.02. The van der Waals surface area contributed by atoms with Gasteiger partial charge in [0.1, 0.15) is 5.75 Å². The van der Waals surface area contributed by atoms with E-state index in [1.54, 1.807) is 12.1 Å². The summed E-state index contributed by atoms with van der Waals surface area (Å²) in [7, 11) is 0. The SMILES string of the molecule is CCc1ccc(CCOc2ccc(/C=C/C(=O)[O-])cc2)nc1. The summed E-state index contributed by atoms with van der Waals surface area (Å²) in [6.07, 6.45) is 6.12. The number of aliphatic carboxylic acids is 1. The number of pyridine rings is 1. The molecule has 0 N–H and O–H groups in total. The van der Waals surface area contributed by atoms with Crippen LogP contribution in [0.15, 0.2) is 48.7 Å². The van der Waals surface area contributed by atoms with Crippen molar-refractivity contribution in [3.05, 3.63) is 65.5 Å². The highest BCUT2D eigenvalue weighted by molar-refractivity contribution is 5.83. The number of ether oxygens (including phenoxy) is 1. The smallest absolute Gasteiger partial charge is 0.119 e. The van der Waals surface area contributed by atoms with E-state index in [0.29, 0.717) is 6.61 Å². The molecule has 0 atom stereocenters. The maximum atomic E-state index is 10.3. The largest absolute Gasteiger partial charge is 0.545 e. The zero-order valence-electron chi connectivity index (χ0n) is 12.5. The van der Waals surface area contributed by atoms with Gasteiger partial charge in [0.2, 0.25) is 0 Å². The van der Waals surface area contributed by atoms with Gasteiger partial charge in [-0.3, -0.25) is 4.98 Å². The Morgan fingerprint density at radius 1 is 1.23 bits per heavy atom. The molecule has 0 radical (unpaired) electrons. The number of carboxylic acid groups (broad SMARTS) is 1. The van der Waals surface area contributed by atoms with Crippen molar-refractivity contribution in [2.75, 3.05) is 6.61 Å². The zero-order valence-corrected chi connectivity index (χ0v) is 12.5. The molecule has 0 aliphatic heterocycles. The van der Waals surface area contributed by atoms with Gasteiger partial charge < -0.3 is 14.6 Å². The van der Waals surface area contributed by atoms with Crippen LogP contribution >= 0.6 is 0 Å². The van der Waals surface area contributed by atoms with Crippen molar-refractivity contribution in [1.82, 2.24) is 4.98 Å². The van der Waals surface area contributed by atoms with Crippen LogP contribution in [0, 0.1) is 0 Å². The molecule has 0 amide bonds. The summed E-state index contributed by atoms with van der Waals surface area (Å²) in [4.78, 5) is 14.7. The predicted octanol–water partition coefficient (Wildman–Crippen LogP) is 2.03. The van der Waals surface area contributed by atoms with Crippen molar-refractivity contribution in [3.8, 4) is 5.75 Å². The minimum atomic E-state index is -1.21. The highest BCUT2D eigenvalue weighted by Crippen LogP contribution is 2.13. The standard InChI is InChI=1S/C18H19NO3/c1-2-14-3-7-16(19-13-14)11-12-22-17-8-4-15(5-9-17)6-10-18(20)21/h3-10,13H,2,11-12H2,1H3,(H,20,21)/p-1/b10-6+. The van der Waals surface area contributed by atoms with Crippen molar-refractivity contribution in [2.24, 2.45) is 0 Å². The van der Waals surface area contributed by atoms with E-state index < -0.39 is 5.97 Å². The van der Waals surface area contributed by atoms with Crippen molar-refractivity contribution >= 4 is 12.0 Å². The average molecular weight is 296 g/mol.